The number of benzene rings is 1. The van der Waals surface area contributed by atoms with Crippen LogP contribution in [0.15, 0.2) is 42.6 Å². The third-order valence-electron chi connectivity index (χ3n) is 5.12. The number of carbonyl (C=O) groups is 1. The molecule has 1 unspecified atom stereocenters. The van der Waals surface area contributed by atoms with Crippen molar-refractivity contribution in [3.63, 3.8) is 0 Å². The van der Waals surface area contributed by atoms with Crippen LogP contribution < -0.4 is 15.0 Å². The van der Waals surface area contributed by atoms with Gasteiger partial charge in [0, 0.05) is 32.6 Å². The Bertz CT molecular complexity index is 710. The zero-order chi connectivity index (χ0) is 17.6. The third kappa shape index (κ3) is 4.23. The van der Waals surface area contributed by atoms with Gasteiger partial charge in [0.15, 0.2) is 6.54 Å². The fourth-order valence-corrected chi connectivity index (χ4v) is 3.83. The van der Waals surface area contributed by atoms with Crippen molar-refractivity contribution in [1.29, 1.82) is 0 Å². The summed E-state index contributed by atoms with van der Waals surface area (Å²) >= 11 is 0. The van der Waals surface area contributed by atoms with E-state index in [9.17, 15) is 4.79 Å². The minimum atomic E-state index is 0.131. The quantitative estimate of drug-likeness (QED) is 0.792. The smallest absolute Gasteiger partial charge is 0.275 e. The second kappa shape index (κ2) is 8.21. The molecule has 1 aromatic carbocycles. The van der Waals surface area contributed by atoms with Gasteiger partial charge in [-0.15, -0.1) is 0 Å². The highest BCUT2D eigenvalue weighted by Gasteiger charge is 2.32. The molecule has 1 amide bonds. The number of amides is 1. The molecule has 25 heavy (non-hydrogen) atoms. The number of nitrogens with zero attached hydrogens (tertiary/aromatic N) is 1. The van der Waals surface area contributed by atoms with E-state index >= 15 is 0 Å². The Labute approximate surface area is 149 Å². The maximum atomic E-state index is 12.4. The van der Waals surface area contributed by atoms with E-state index in [2.05, 4.69) is 35.3 Å². The van der Waals surface area contributed by atoms with Gasteiger partial charge in [0.1, 0.15) is 11.8 Å². The highest BCUT2D eigenvalue weighted by atomic mass is 16.5. The molecule has 134 valence electrons. The number of para-hydroxylation sites is 1. The summed E-state index contributed by atoms with van der Waals surface area (Å²) in [5, 5.41) is 3.07. The van der Waals surface area contributed by atoms with Crippen molar-refractivity contribution >= 4 is 5.91 Å². The first-order chi connectivity index (χ1) is 12.2. The third-order valence-corrected chi connectivity index (χ3v) is 5.12. The van der Waals surface area contributed by atoms with E-state index < -0.39 is 0 Å². The van der Waals surface area contributed by atoms with Gasteiger partial charge in [0.05, 0.1) is 19.3 Å². The van der Waals surface area contributed by atoms with Crippen LogP contribution in [0.25, 0.3) is 0 Å². The van der Waals surface area contributed by atoms with E-state index in [0.717, 1.165) is 30.7 Å². The summed E-state index contributed by atoms with van der Waals surface area (Å²) in [7, 11) is 3.76. The molecular formula is C20H28N3O2+. The van der Waals surface area contributed by atoms with Crippen molar-refractivity contribution in [2.45, 2.75) is 25.3 Å². The van der Waals surface area contributed by atoms with Crippen LogP contribution in [0.3, 0.4) is 0 Å². The number of rotatable bonds is 7. The van der Waals surface area contributed by atoms with Crippen LogP contribution in [0, 0.1) is 0 Å². The topological polar surface area (TPSA) is 47.7 Å². The average Bonchev–Trinajstić information content (AvgIpc) is 3.23. The predicted octanol–water partition coefficient (Wildman–Crippen LogP) is 1.11. The molecule has 1 aliphatic heterocycles. The highest BCUT2D eigenvalue weighted by molar-refractivity contribution is 5.76. The monoisotopic (exact) mass is 342 g/mol. The maximum absolute atomic E-state index is 12.4. The molecule has 5 heteroatoms. The maximum Gasteiger partial charge on any atom is 0.275 e. The van der Waals surface area contributed by atoms with E-state index in [0.29, 0.717) is 19.1 Å². The molecule has 2 aromatic rings. The Morgan fingerprint density at radius 1 is 1.32 bits per heavy atom. The summed E-state index contributed by atoms with van der Waals surface area (Å²) in [6.45, 7) is 2.25. The predicted molar refractivity (Wildman–Crippen MR) is 97.8 cm³/mol. The van der Waals surface area contributed by atoms with E-state index in [-0.39, 0.29) is 5.91 Å². The van der Waals surface area contributed by atoms with Crippen LogP contribution in [0.2, 0.25) is 0 Å². The molecule has 5 nitrogen and oxygen atoms in total. The van der Waals surface area contributed by atoms with Gasteiger partial charge in [-0.2, -0.15) is 0 Å². The number of hydrogen-bond donors (Lipinski definition) is 2. The van der Waals surface area contributed by atoms with Gasteiger partial charge in [-0.3, -0.25) is 4.79 Å². The van der Waals surface area contributed by atoms with Gasteiger partial charge >= 0.3 is 0 Å². The van der Waals surface area contributed by atoms with Crippen LogP contribution in [0.5, 0.6) is 5.75 Å². The molecule has 2 heterocycles. The van der Waals surface area contributed by atoms with Crippen molar-refractivity contribution in [1.82, 2.24) is 9.88 Å². The standard InChI is InChI=1S/C20H27N3O2/c1-22-13-5-8-17(22)18-9-6-14-23(18)15-20(24)21-12-11-16-7-3-4-10-19(16)25-2/h3-5,7-8,10,13,18H,6,9,11-12,14-15H2,1-2H3,(H,21,24)/p+1/t18-/m0/s1. The molecule has 1 aliphatic rings. The van der Waals surface area contributed by atoms with Crippen LogP contribution in [0.4, 0.5) is 0 Å². The summed E-state index contributed by atoms with van der Waals surface area (Å²) in [5.41, 5.74) is 2.45. The Morgan fingerprint density at radius 2 is 2.16 bits per heavy atom. The Hall–Kier alpha value is -2.27. The number of carbonyl (C=O) groups excluding carboxylic acids is 1. The Balaban J connectivity index is 1.50. The lowest BCUT2D eigenvalue weighted by molar-refractivity contribution is -0.911. The number of quaternary nitrogens is 1. The van der Waals surface area contributed by atoms with E-state index in [1.807, 2.05) is 24.3 Å². The van der Waals surface area contributed by atoms with Crippen LogP contribution in [-0.4, -0.2) is 37.2 Å². The minimum absolute atomic E-state index is 0.131. The average molecular weight is 342 g/mol. The lowest BCUT2D eigenvalue weighted by Gasteiger charge is -2.21. The van der Waals surface area contributed by atoms with Crippen molar-refractivity contribution in [2.24, 2.45) is 7.05 Å². The molecule has 3 rings (SSSR count). The van der Waals surface area contributed by atoms with Crippen molar-refractivity contribution < 1.29 is 14.4 Å². The largest absolute Gasteiger partial charge is 0.496 e. The number of ether oxygens (including phenoxy) is 1. The van der Waals surface area contributed by atoms with Crippen LogP contribution in [-0.2, 0) is 18.3 Å². The molecule has 1 fully saturated rings. The molecule has 0 spiro atoms. The molecule has 0 bridgehead atoms. The Morgan fingerprint density at radius 3 is 2.92 bits per heavy atom. The van der Waals surface area contributed by atoms with Gasteiger partial charge in [-0.1, -0.05) is 18.2 Å². The number of aromatic nitrogens is 1. The number of aryl methyl sites for hydroxylation is 1. The summed E-state index contributed by atoms with van der Waals surface area (Å²) in [5.74, 6) is 1.01. The second-order valence-corrected chi connectivity index (χ2v) is 6.74. The first kappa shape index (κ1) is 17.5. The number of hydrogen-bond acceptors (Lipinski definition) is 2. The molecular weight excluding hydrogens is 314 g/mol. The van der Waals surface area contributed by atoms with Crippen molar-refractivity contribution in [3.8, 4) is 5.75 Å². The zero-order valence-electron chi connectivity index (χ0n) is 15.1. The lowest BCUT2D eigenvalue weighted by atomic mass is 10.1. The summed E-state index contributed by atoms with van der Waals surface area (Å²) in [6, 6.07) is 12.6. The lowest BCUT2D eigenvalue weighted by Crippen LogP contribution is -3.11. The van der Waals surface area contributed by atoms with Gasteiger partial charge < -0.3 is 19.5 Å². The minimum Gasteiger partial charge on any atom is -0.496 e. The zero-order valence-corrected chi connectivity index (χ0v) is 15.1. The van der Waals surface area contributed by atoms with E-state index in [1.165, 1.54) is 17.0 Å². The summed E-state index contributed by atoms with van der Waals surface area (Å²) in [4.78, 5) is 13.7. The van der Waals surface area contributed by atoms with Gasteiger partial charge in [0.2, 0.25) is 0 Å². The summed E-state index contributed by atoms with van der Waals surface area (Å²) in [6.07, 6.45) is 5.20. The molecule has 2 N–H and O–H groups in total. The first-order valence-electron chi connectivity index (χ1n) is 9.03. The fourth-order valence-electron chi connectivity index (χ4n) is 3.83. The van der Waals surface area contributed by atoms with Crippen molar-refractivity contribution in [3.05, 3.63) is 53.9 Å². The molecule has 1 saturated heterocycles. The van der Waals surface area contributed by atoms with E-state index in [4.69, 9.17) is 4.74 Å². The molecule has 0 radical (unpaired) electrons. The van der Waals surface area contributed by atoms with Crippen molar-refractivity contribution in [2.75, 3.05) is 26.7 Å². The van der Waals surface area contributed by atoms with Gasteiger partial charge in [-0.05, 0) is 30.2 Å². The SMILES string of the molecule is COc1ccccc1CCNC(=O)C[NH+]1CCC[C@H]1c1cccn1C. The second-order valence-electron chi connectivity index (χ2n) is 6.74. The van der Waals surface area contributed by atoms with Crippen LogP contribution >= 0.6 is 0 Å². The first-order valence-corrected chi connectivity index (χ1v) is 9.03. The van der Waals surface area contributed by atoms with E-state index in [1.54, 1.807) is 7.11 Å². The fraction of sp³-hybridized carbons (Fsp3) is 0.450. The van der Waals surface area contributed by atoms with Crippen LogP contribution in [0.1, 0.15) is 30.1 Å². The molecule has 0 aliphatic carbocycles. The summed E-state index contributed by atoms with van der Waals surface area (Å²) < 4.78 is 7.53. The molecule has 1 aromatic heterocycles. The molecule has 0 saturated carbocycles. The highest BCUT2D eigenvalue weighted by Crippen LogP contribution is 2.19. The number of nitrogens with one attached hydrogen (secondary N) is 2. The normalized spacial score (nSPS) is 19.8. The molecule has 2 atom stereocenters. The van der Waals surface area contributed by atoms with Gasteiger partial charge in [0.25, 0.3) is 5.91 Å². The van der Waals surface area contributed by atoms with Gasteiger partial charge in [-0.25, -0.2) is 0 Å². The number of methoxy groups -OCH3 is 1. The Kier molecular flexibility index (Phi) is 5.76. The number of likely N-dealkylation sites (tertiary alicyclic amines) is 1.